The molecule has 4 heteroatoms. The normalized spacial score (nSPS) is 24.4. The van der Waals surface area contributed by atoms with Crippen LogP contribution in [-0.2, 0) is 4.79 Å². The number of halogens is 1. The minimum absolute atomic E-state index is 0. The average Bonchev–Trinajstić information content (AvgIpc) is 3.17. The van der Waals surface area contributed by atoms with Crippen LogP contribution in [0.1, 0.15) is 52.9 Å². The molecular formula is C16H31ClN2O. The van der Waals surface area contributed by atoms with E-state index >= 15 is 0 Å². The summed E-state index contributed by atoms with van der Waals surface area (Å²) in [5, 5.41) is 3.40. The van der Waals surface area contributed by atoms with Crippen LogP contribution in [0.2, 0.25) is 0 Å². The third-order valence-electron chi connectivity index (χ3n) is 5.71. The van der Waals surface area contributed by atoms with Gasteiger partial charge in [-0.05, 0) is 62.9 Å². The maximum atomic E-state index is 12.4. The van der Waals surface area contributed by atoms with E-state index in [2.05, 4.69) is 26.1 Å². The summed E-state index contributed by atoms with van der Waals surface area (Å²) in [7, 11) is 1.99. The number of amides is 1. The summed E-state index contributed by atoms with van der Waals surface area (Å²) in [6, 6.07) is 0.389. The maximum absolute atomic E-state index is 12.4. The molecule has 0 spiro atoms. The largest absolute Gasteiger partial charge is 0.343 e. The van der Waals surface area contributed by atoms with E-state index in [-0.39, 0.29) is 12.4 Å². The molecular weight excluding hydrogens is 272 g/mol. The Morgan fingerprint density at radius 2 is 1.85 bits per heavy atom. The lowest BCUT2D eigenvalue weighted by atomic mass is 9.83. The van der Waals surface area contributed by atoms with Crippen molar-refractivity contribution >= 4 is 18.3 Å². The summed E-state index contributed by atoms with van der Waals surface area (Å²) >= 11 is 0. The maximum Gasteiger partial charge on any atom is 0.222 e. The van der Waals surface area contributed by atoms with Crippen LogP contribution in [0.5, 0.6) is 0 Å². The number of carbonyl (C=O) groups is 1. The van der Waals surface area contributed by atoms with Gasteiger partial charge >= 0.3 is 0 Å². The molecule has 2 unspecified atom stereocenters. The lowest BCUT2D eigenvalue weighted by Crippen LogP contribution is -2.41. The molecule has 0 radical (unpaired) electrons. The summed E-state index contributed by atoms with van der Waals surface area (Å²) in [5.74, 6) is 1.59. The van der Waals surface area contributed by atoms with E-state index in [1.807, 2.05) is 11.9 Å². The molecule has 0 aromatic heterocycles. The van der Waals surface area contributed by atoms with E-state index < -0.39 is 0 Å². The topological polar surface area (TPSA) is 32.3 Å². The summed E-state index contributed by atoms with van der Waals surface area (Å²) in [4.78, 5) is 14.4. The zero-order chi connectivity index (χ0) is 14.0. The molecule has 1 aliphatic heterocycles. The fraction of sp³-hybridized carbons (Fsp3) is 0.938. The lowest BCUT2D eigenvalue weighted by molar-refractivity contribution is -0.134. The molecule has 20 heavy (non-hydrogen) atoms. The molecule has 1 saturated heterocycles. The highest BCUT2D eigenvalue weighted by molar-refractivity contribution is 5.85. The fourth-order valence-electron chi connectivity index (χ4n) is 3.30. The van der Waals surface area contributed by atoms with Crippen molar-refractivity contribution in [2.45, 2.75) is 58.9 Å². The molecule has 0 aromatic rings. The van der Waals surface area contributed by atoms with Gasteiger partial charge < -0.3 is 10.2 Å². The molecule has 0 bridgehead atoms. The number of nitrogens with one attached hydrogen (secondary N) is 1. The van der Waals surface area contributed by atoms with Crippen LogP contribution in [0.15, 0.2) is 0 Å². The van der Waals surface area contributed by atoms with Crippen molar-refractivity contribution in [2.24, 2.45) is 17.3 Å². The van der Waals surface area contributed by atoms with Crippen LogP contribution in [0, 0.1) is 17.3 Å². The van der Waals surface area contributed by atoms with Gasteiger partial charge in [0.25, 0.3) is 0 Å². The van der Waals surface area contributed by atoms with Crippen LogP contribution in [-0.4, -0.2) is 37.0 Å². The molecule has 2 aliphatic rings. The number of hydrogen-bond donors (Lipinski definition) is 1. The smallest absolute Gasteiger partial charge is 0.222 e. The van der Waals surface area contributed by atoms with Gasteiger partial charge in [0, 0.05) is 19.5 Å². The molecule has 0 aromatic carbocycles. The Balaban J connectivity index is 0.00000200. The van der Waals surface area contributed by atoms with Gasteiger partial charge in [0.05, 0.1) is 0 Å². The molecule has 1 saturated carbocycles. The van der Waals surface area contributed by atoms with Gasteiger partial charge in [0.15, 0.2) is 0 Å². The molecule has 2 rings (SSSR count). The predicted octanol–water partition coefficient (Wildman–Crippen LogP) is 3.08. The van der Waals surface area contributed by atoms with Gasteiger partial charge in [-0.2, -0.15) is 0 Å². The van der Waals surface area contributed by atoms with Crippen LogP contribution in [0.3, 0.4) is 0 Å². The van der Waals surface area contributed by atoms with Gasteiger partial charge in [-0.25, -0.2) is 0 Å². The Kier molecular flexibility index (Phi) is 6.33. The first-order valence-electron chi connectivity index (χ1n) is 7.90. The average molecular weight is 303 g/mol. The first-order chi connectivity index (χ1) is 8.94. The fourth-order valence-corrected chi connectivity index (χ4v) is 3.30. The van der Waals surface area contributed by atoms with Crippen LogP contribution in [0.4, 0.5) is 0 Å². The number of piperidine rings is 1. The third-order valence-corrected chi connectivity index (χ3v) is 5.71. The van der Waals surface area contributed by atoms with Crippen molar-refractivity contribution in [2.75, 3.05) is 20.1 Å². The van der Waals surface area contributed by atoms with Gasteiger partial charge in [-0.3, -0.25) is 4.79 Å². The van der Waals surface area contributed by atoms with Crippen LogP contribution >= 0.6 is 12.4 Å². The predicted molar refractivity (Wildman–Crippen MR) is 86.2 cm³/mol. The standard InChI is InChI=1S/C16H30N2O.ClH/c1-12(14-5-9-17-10-6-14)11-15(19)18(4)13(2)16(3)7-8-16;/h12-14,17H,5-11H2,1-4H3;1H. The lowest BCUT2D eigenvalue weighted by Gasteiger charge is -2.33. The zero-order valence-electron chi connectivity index (χ0n) is 13.4. The summed E-state index contributed by atoms with van der Waals surface area (Å²) in [5.41, 5.74) is 0.391. The molecule has 2 fully saturated rings. The van der Waals surface area contributed by atoms with E-state index in [0.717, 1.165) is 25.4 Å². The Hall–Kier alpha value is -0.280. The van der Waals surface area contributed by atoms with Crippen molar-refractivity contribution in [1.29, 1.82) is 0 Å². The first-order valence-corrected chi connectivity index (χ1v) is 7.90. The monoisotopic (exact) mass is 302 g/mol. The van der Waals surface area contributed by atoms with Crippen LogP contribution < -0.4 is 5.32 Å². The van der Waals surface area contributed by atoms with Crippen molar-refractivity contribution in [3.63, 3.8) is 0 Å². The molecule has 1 N–H and O–H groups in total. The van der Waals surface area contributed by atoms with E-state index in [0.29, 0.717) is 23.3 Å². The van der Waals surface area contributed by atoms with Crippen molar-refractivity contribution < 1.29 is 4.79 Å². The molecule has 118 valence electrons. The second kappa shape index (κ2) is 7.13. The van der Waals surface area contributed by atoms with E-state index in [9.17, 15) is 4.79 Å². The van der Waals surface area contributed by atoms with E-state index in [1.165, 1.54) is 25.7 Å². The molecule has 1 heterocycles. The SMILES string of the molecule is CC(CC(=O)N(C)C(C)C1(C)CC1)C1CCNCC1.Cl. The van der Waals surface area contributed by atoms with Gasteiger partial charge in [0.2, 0.25) is 5.91 Å². The highest BCUT2D eigenvalue weighted by Crippen LogP contribution is 2.49. The second-order valence-electron chi connectivity index (χ2n) is 7.10. The minimum atomic E-state index is 0. The Bertz CT molecular complexity index is 324. The Labute approximate surface area is 130 Å². The molecule has 1 aliphatic carbocycles. The number of rotatable bonds is 5. The van der Waals surface area contributed by atoms with Gasteiger partial charge in [-0.1, -0.05) is 13.8 Å². The van der Waals surface area contributed by atoms with E-state index in [4.69, 9.17) is 0 Å². The molecule has 1 amide bonds. The number of nitrogens with zero attached hydrogens (tertiary/aromatic N) is 1. The number of carbonyl (C=O) groups excluding carboxylic acids is 1. The zero-order valence-corrected chi connectivity index (χ0v) is 14.3. The van der Waals surface area contributed by atoms with Crippen LogP contribution in [0.25, 0.3) is 0 Å². The Morgan fingerprint density at radius 1 is 1.30 bits per heavy atom. The first kappa shape index (κ1) is 17.8. The summed E-state index contributed by atoms with van der Waals surface area (Å²) < 4.78 is 0. The van der Waals surface area contributed by atoms with Crippen molar-refractivity contribution in [3.05, 3.63) is 0 Å². The highest BCUT2D eigenvalue weighted by atomic mass is 35.5. The highest BCUT2D eigenvalue weighted by Gasteiger charge is 2.45. The molecule has 3 nitrogen and oxygen atoms in total. The summed E-state index contributed by atoms with van der Waals surface area (Å²) in [6.45, 7) is 9.00. The number of hydrogen-bond acceptors (Lipinski definition) is 2. The van der Waals surface area contributed by atoms with E-state index in [1.54, 1.807) is 0 Å². The Morgan fingerprint density at radius 3 is 2.35 bits per heavy atom. The quantitative estimate of drug-likeness (QED) is 0.846. The molecule has 2 atom stereocenters. The van der Waals surface area contributed by atoms with Gasteiger partial charge in [-0.15, -0.1) is 12.4 Å². The van der Waals surface area contributed by atoms with Crippen molar-refractivity contribution in [3.8, 4) is 0 Å². The second-order valence-corrected chi connectivity index (χ2v) is 7.10. The summed E-state index contributed by atoms with van der Waals surface area (Å²) in [6.07, 6.45) is 5.73. The minimum Gasteiger partial charge on any atom is -0.343 e. The van der Waals surface area contributed by atoms with Gasteiger partial charge in [0.1, 0.15) is 0 Å². The third kappa shape index (κ3) is 4.11. The van der Waals surface area contributed by atoms with Crippen molar-refractivity contribution in [1.82, 2.24) is 10.2 Å².